The summed E-state index contributed by atoms with van der Waals surface area (Å²) in [5.74, 6) is -0.699. The molecule has 0 spiro atoms. The highest BCUT2D eigenvalue weighted by Gasteiger charge is 2.33. The summed E-state index contributed by atoms with van der Waals surface area (Å²) in [7, 11) is 0. The normalized spacial score (nSPS) is 11.4. The van der Waals surface area contributed by atoms with Crippen LogP contribution in [0.5, 0.6) is 0 Å². The summed E-state index contributed by atoms with van der Waals surface area (Å²) in [6, 6.07) is 3.04. The van der Waals surface area contributed by atoms with Gasteiger partial charge in [0.25, 0.3) is 5.91 Å². The fourth-order valence-corrected chi connectivity index (χ4v) is 2.06. The van der Waals surface area contributed by atoms with Crippen LogP contribution in [0.4, 0.5) is 24.0 Å². The van der Waals surface area contributed by atoms with Crippen molar-refractivity contribution in [3.63, 3.8) is 0 Å². The van der Waals surface area contributed by atoms with Crippen LogP contribution in [0.25, 0.3) is 0 Å². The van der Waals surface area contributed by atoms with E-state index >= 15 is 0 Å². The second-order valence-electron chi connectivity index (χ2n) is 3.59. The molecule has 1 heterocycles. The number of nitrogen functional groups attached to an aromatic ring is 1. The molecule has 0 radical (unpaired) electrons. The highest BCUT2D eigenvalue weighted by molar-refractivity contribution is 7.16. The molecule has 0 saturated heterocycles. The van der Waals surface area contributed by atoms with Crippen molar-refractivity contribution < 1.29 is 18.0 Å². The minimum Gasteiger partial charge on any atom is -0.374 e. The lowest BCUT2D eigenvalue weighted by atomic mass is 10.2. The van der Waals surface area contributed by atoms with Gasteiger partial charge in [-0.15, -0.1) is 10.2 Å². The Labute approximate surface area is 119 Å². The van der Waals surface area contributed by atoms with Crippen molar-refractivity contribution in [2.45, 2.75) is 6.18 Å². The molecule has 20 heavy (non-hydrogen) atoms. The smallest absolute Gasteiger partial charge is 0.374 e. The standard InChI is InChI=1S/C10H6ClF3N4OS/c11-6-2-1-4(3-5(6)10(12,13)14)16-7(19)8-17-18-9(15)20-8/h1-3H,(H2,15,18)(H,16,19). The van der Waals surface area contributed by atoms with E-state index in [4.69, 9.17) is 17.3 Å². The maximum absolute atomic E-state index is 12.7. The van der Waals surface area contributed by atoms with Crippen molar-refractivity contribution in [1.29, 1.82) is 0 Å². The predicted octanol–water partition coefficient (Wildman–Crippen LogP) is 3.04. The fourth-order valence-electron chi connectivity index (χ4n) is 1.33. The minimum absolute atomic E-state index is 0.0500. The summed E-state index contributed by atoms with van der Waals surface area (Å²) < 4.78 is 38.0. The lowest BCUT2D eigenvalue weighted by molar-refractivity contribution is -0.137. The SMILES string of the molecule is Nc1nnc(C(=O)Nc2ccc(Cl)c(C(F)(F)F)c2)s1. The molecule has 0 unspecified atom stereocenters. The van der Waals surface area contributed by atoms with Crippen molar-refractivity contribution in [3.05, 3.63) is 33.8 Å². The first-order chi connectivity index (χ1) is 9.27. The number of aromatic nitrogens is 2. The van der Waals surface area contributed by atoms with Gasteiger partial charge in [-0.2, -0.15) is 13.2 Å². The quantitative estimate of drug-likeness (QED) is 0.890. The first-order valence-electron chi connectivity index (χ1n) is 5.04. The van der Waals surface area contributed by atoms with Gasteiger partial charge in [0.2, 0.25) is 10.1 Å². The number of carbonyl (C=O) groups excluding carboxylic acids is 1. The van der Waals surface area contributed by atoms with E-state index in [9.17, 15) is 18.0 Å². The van der Waals surface area contributed by atoms with Crippen molar-refractivity contribution >= 4 is 39.7 Å². The Bertz CT molecular complexity index is 658. The molecule has 5 nitrogen and oxygen atoms in total. The third-order valence-electron chi connectivity index (χ3n) is 2.16. The Morgan fingerprint density at radius 3 is 2.60 bits per heavy atom. The lowest BCUT2D eigenvalue weighted by Gasteiger charge is -2.11. The highest BCUT2D eigenvalue weighted by atomic mass is 35.5. The van der Waals surface area contributed by atoms with Crippen LogP contribution in [0.2, 0.25) is 5.02 Å². The van der Waals surface area contributed by atoms with Crippen molar-refractivity contribution in [1.82, 2.24) is 10.2 Å². The van der Waals surface area contributed by atoms with E-state index in [-0.39, 0.29) is 15.8 Å². The molecule has 0 aliphatic rings. The van der Waals surface area contributed by atoms with E-state index in [1.165, 1.54) is 6.07 Å². The fraction of sp³-hybridized carbons (Fsp3) is 0.100. The predicted molar refractivity (Wildman–Crippen MR) is 68.7 cm³/mol. The largest absolute Gasteiger partial charge is 0.417 e. The first kappa shape index (κ1) is 14.5. The van der Waals surface area contributed by atoms with Crippen LogP contribution in [0.15, 0.2) is 18.2 Å². The number of nitrogens with two attached hydrogens (primary N) is 1. The van der Waals surface area contributed by atoms with E-state index in [1.807, 2.05) is 0 Å². The van der Waals surface area contributed by atoms with Gasteiger partial charge in [-0.05, 0) is 18.2 Å². The summed E-state index contributed by atoms with van der Waals surface area (Å²) in [6.45, 7) is 0. The van der Waals surface area contributed by atoms with Crippen LogP contribution in [0.3, 0.4) is 0 Å². The summed E-state index contributed by atoms with van der Waals surface area (Å²) in [5.41, 5.74) is 4.22. The van der Waals surface area contributed by atoms with E-state index in [2.05, 4.69) is 15.5 Å². The molecule has 0 fully saturated rings. The number of amides is 1. The Balaban J connectivity index is 2.24. The maximum atomic E-state index is 12.7. The molecule has 2 rings (SSSR count). The number of rotatable bonds is 2. The Morgan fingerprint density at radius 2 is 2.05 bits per heavy atom. The lowest BCUT2D eigenvalue weighted by Crippen LogP contribution is -2.13. The third-order valence-corrected chi connectivity index (χ3v) is 3.25. The number of carbonyl (C=O) groups is 1. The molecule has 1 aromatic heterocycles. The Morgan fingerprint density at radius 1 is 1.35 bits per heavy atom. The summed E-state index contributed by atoms with van der Waals surface area (Å²) in [4.78, 5) is 11.7. The second-order valence-corrected chi connectivity index (χ2v) is 5.01. The van der Waals surface area contributed by atoms with Crippen LogP contribution in [-0.2, 0) is 6.18 Å². The number of hydrogen-bond acceptors (Lipinski definition) is 5. The molecule has 0 saturated carbocycles. The average Bonchev–Trinajstić information content (AvgIpc) is 2.77. The Kier molecular flexibility index (Phi) is 3.82. The van der Waals surface area contributed by atoms with Gasteiger partial charge in [-0.3, -0.25) is 4.79 Å². The number of nitrogens with zero attached hydrogens (tertiary/aromatic N) is 2. The van der Waals surface area contributed by atoms with Gasteiger partial charge in [-0.25, -0.2) is 0 Å². The molecule has 1 aromatic carbocycles. The van der Waals surface area contributed by atoms with E-state index in [1.54, 1.807) is 0 Å². The second kappa shape index (κ2) is 5.25. The number of nitrogens with one attached hydrogen (secondary N) is 1. The molecular weight excluding hydrogens is 317 g/mol. The number of benzene rings is 1. The number of hydrogen-bond donors (Lipinski definition) is 2. The monoisotopic (exact) mass is 322 g/mol. The molecule has 3 N–H and O–H groups in total. The van der Waals surface area contributed by atoms with Gasteiger partial charge >= 0.3 is 6.18 Å². The van der Waals surface area contributed by atoms with Gasteiger partial charge in [0.1, 0.15) is 0 Å². The van der Waals surface area contributed by atoms with Crippen molar-refractivity contribution in [3.8, 4) is 0 Å². The zero-order valence-corrected chi connectivity index (χ0v) is 11.1. The summed E-state index contributed by atoms with van der Waals surface area (Å²) >= 11 is 6.29. The number of halogens is 4. The van der Waals surface area contributed by atoms with Gasteiger partial charge < -0.3 is 11.1 Å². The zero-order valence-electron chi connectivity index (χ0n) is 9.53. The maximum Gasteiger partial charge on any atom is 0.417 e. The van der Waals surface area contributed by atoms with Crippen molar-refractivity contribution in [2.75, 3.05) is 11.1 Å². The van der Waals surface area contributed by atoms with Crippen LogP contribution in [0, 0.1) is 0 Å². The van der Waals surface area contributed by atoms with Gasteiger partial charge in [-0.1, -0.05) is 22.9 Å². The molecule has 106 valence electrons. The van der Waals surface area contributed by atoms with E-state index in [0.717, 1.165) is 23.5 Å². The van der Waals surface area contributed by atoms with Crippen LogP contribution in [-0.4, -0.2) is 16.1 Å². The minimum atomic E-state index is -4.61. The topological polar surface area (TPSA) is 80.9 Å². The third kappa shape index (κ3) is 3.17. The molecule has 1 amide bonds. The summed E-state index contributed by atoms with van der Waals surface area (Å²) in [5, 5.41) is 8.77. The molecule has 10 heteroatoms. The summed E-state index contributed by atoms with van der Waals surface area (Å²) in [6.07, 6.45) is -4.61. The molecule has 0 aliphatic carbocycles. The number of alkyl halides is 3. The van der Waals surface area contributed by atoms with Gasteiger partial charge in [0.05, 0.1) is 10.6 Å². The van der Waals surface area contributed by atoms with Crippen LogP contribution < -0.4 is 11.1 Å². The van der Waals surface area contributed by atoms with Crippen LogP contribution in [0.1, 0.15) is 15.4 Å². The average molecular weight is 323 g/mol. The van der Waals surface area contributed by atoms with Crippen LogP contribution >= 0.6 is 22.9 Å². The molecule has 0 aliphatic heterocycles. The van der Waals surface area contributed by atoms with Crippen molar-refractivity contribution in [2.24, 2.45) is 0 Å². The number of anilines is 2. The Hall–Kier alpha value is -1.87. The van der Waals surface area contributed by atoms with Gasteiger partial charge in [0, 0.05) is 5.69 Å². The molecule has 0 atom stereocenters. The van der Waals surface area contributed by atoms with E-state index in [0.29, 0.717) is 0 Å². The molecule has 2 aromatic rings. The van der Waals surface area contributed by atoms with E-state index < -0.39 is 22.7 Å². The zero-order chi connectivity index (χ0) is 14.9. The first-order valence-corrected chi connectivity index (χ1v) is 6.24. The highest BCUT2D eigenvalue weighted by Crippen LogP contribution is 2.36. The molecular formula is C10H6ClF3N4OS. The molecule has 0 bridgehead atoms. The van der Waals surface area contributed by atoms with Gasteiger partial charge in [0.15, 0.2) is 0 Å².